The molecule has 3 heteroatoms. The summed E-state index contributed by atoms with van der Waals surface area (Å²) >= 11 is 0. The Morgan fingerprint density at radius 2 is 1.50 bits per heavy atom. The van der Waals surface area contributed by atoms with E-state index in [1.54, 1.807) is 6.21 Å². The molecule has 98 valence electrons. The van der Waals surface area contributed by atoms with Gasteiger partial charge >= 0.3 is 0 Å². The maximum atomic E-state index is 5.72. The topological polar surface area (TPSA) is 37.5 Å². The van der Waals surface area contributed by atoms with E-state index in [4.69, 9.17) is 4.42 Å². The van der Waals surface area contributed by atoms with E-state index in [-0.39, 0.29) is 0 Å². The number of benzene rings is 2. The lowest BCUT2D eigenvalue weighted by atomic mass is 10.2. The Bertz CT molecular complexity index is 687. The summed E-state index contributed by atoms with van der Waals surface area (Å²) in [6.45, 7) is 0. The number of anilines is 1. The molecule has 0 spiro atoms. The summed E-state index contributed by atoms with van der Waals surface area (Å²) in [6, 6.07) is 23.6. The van der Waals surface area contributed by atoms with E-state index in [2.05, 4.69) is 10.5 Å². The van der Waals surface area contributed by atoms with E-state index in [1.165, 1.54) is 0 Å². The average Bonchev–Trinajstić information content (AvgIpc) is 2.98. The molecule has 0 aliphatic rings. The molecule has 0 fully saturated rings. The first-order chi connectivity index (χ1) is 9.92. The summed E-state index contributed by atoms with van der Waals surface area (Å²) in [6.07, 6.45) is 1.67. The van der Waals surface area contributed by atoms with Crippen LogP contribution in [0.15, 0.2) is 82.3 Å². The largest absolute Gasteiger partial charge is 0.455 e. The molecule has 0 atom stereocenters. The summed E-state index contributed by atoms with van der Waals surface area (Å²) in [4.78, 5) is 0. The third-order valence-electron chi connectivity index (χ3n) is 2.84. The fourth-order valence-electron chi connectivity index (χ4n) is 1.86. The zero-order valence-corrected chi connectivity index (χ0v) is 10.9. The van der Waals surface area contributed by atoms with Crippen molar-refractivity contribution in [1.82, 2.24) is 0 Å². The van der Waals surface area contributed by atoms with Gasteiger partial charge in [-0.15, -0.1) is 0 Å². The van der Waals surface area contributed by atoms with Crippen LogP contribution < -0.4 is 5.43 Å². The van der Waals surface area contributed by atoms with Gasteiger partial charge in [0.25, 0.3) is 0 Å². The predicted molar refractivity (Wildman–Crippen MR) is 81.8 cm³/mol. The number of nitrogens with zero attached hydrogens (tertiary/aromatic N) is 1. The molecule has 3 nitrogen and oxygen atoms in total. The minimum absolute atomic E-state index is 0.715. The van der Waals surface area contributed by atoms with Crippen LogP contribution in [0.3, 0.4) is 0 Å². The fourth-order valence-corrected chi connectivity index (χ4v) is 1.86. The first-order valence-electron chi connectivity index (χ1n) is 6.41. The average molecular weight is 262 g/mol. The molecule has 0 radical (unpaired) electrons. The van der Waals surface area contributed by atoms with Gasteiger partial charge in [-0.1, -0.05) is 48.5 Å². The number of hydrogen-bond donors (Lipinski definition) is 1. The lowest BCUT2D eigenvalue weighted by molar-refractivity contribution is 0.575. The van der Waals surface area contributed by atoms with Gasteiger partial charge in [0.15, 0.2) is 0 Å². The van der Waals surface area contributed by atoms with Crippen molar-refractivity contribution in [3.63, 3.8) is 0 Å². The van der Waals surface area contributed by atoms with E-state index in [0.29, 0.717) is 5.76 Å². The first-order valence-corrected chi connectivity index (χ1v) is 6.41. The highest BCUT2D eigenvalue weighted by Gasteiger charge is 2.01. The second-order valence-electron chi connectivity index (χ2n) is 4.30. The smallest absolute Gasteiger partial charge is 0.147 e. The van der Waals surface area contributed by atoms with Crippen molar-refractivity contribution in [3.05, 3.63) is 78.6 Å². The minimum atomic E-state index is 0.715. The van der Waals surface area contributed by atoms with Crippen LogP contribution in [0.4, 0.5) is 5.69 Å². The molecule has 0 saturated carbocycles. The fraction of sp³-hybridized carbons (Fsp3) is 0. The molecular weight excluding hydrogens is 248 g/mol. The van der Waals surface area contributed by atoms with Crippen molar-refractivity contribution in [3.8, 4) is 11.3 Å². The molecule has 0 saturated heterocycles. The number of hydrogen-bond acceptors (Lipinski definition) is 3. The number of hydrazone groups is 1. The monoisotopic (exact) mass is 262 g/mol. The maximum absolute atomic E-state index is 5.72. The highest BCUT2D eigenvalue weighted by atomic mass is 16.3. The van der Waals surface area contributed by atoms with Gasteiger partial charge in [0.1, 0.15) is 11.5 Å². The summed E-state index contributed by atoms with van der Waals surface area (Å²) in [7, 11) is 0. The van der Waals surface area contributed by atoms with Crippen molar-refractivity contribution < 1.29 is 4.42 Å². The summed E-state index contributed by atoms with van der Waals surface area (Å²) in [5.41, 5.74) is 4.95. The van der Waals surface area contributed by atoms with E-state index < -0.39 is 0 Å². The summed E-state index contributed by atoms with van der Waals surface area (Å²) in [5.74, 6) is 1.55. The van der Waals surface area contributed by atoms with Crippen LogP contribution in [0.25, 0.3) is 11.3 Å². The number of nitrogens with one attached hydrogen (secondary N) is 1. The lowest BCUT2D eigenvalue weighted by Crippen LogP contribution is -1.88. The second kappa shape index (κ2) is 5.89. The molecular formula is C17H14N2O. The molecule has 0 amide bonds. The molecule has 0 aliphatic heterocycles. The lowest BCUT2D eigenvalue weighted by Gasteiger charge is -1.97. The van der Waals surface area contributed by atoms with Gasteiger partial charge in [0, 0.05) is 5.56 Å². The van der Waals surface area contributed by atoms with E-state index in [0.717, 1.165) is 17.0 Å². The van der Waals surface area contributed by atoms with E-state index in [1.807, 2.05) is 72.8 Å². The highest BCUT2D eigenvalue weighted by molar-refractivity contribution is 5.78. The first kappa shape index (κ1) is 12.2. The van der Waals surface area contributed by atoms with Gasteiger partial charge in [-0.3, -0.25) is 5.43 Å². The minimum Gasteiger partial charge on any atom is -0.455 e. The van der Waals surface area contributed by atoms with Crippen molar-refractivity contribution in [2.75, 3.05) is 5.43 Å². The zero-order chi connectivity index (χ0) is 13.6. The molecule has 1 N–H and O–H groups in total. The van der Waals surface area contributed by atoms with Crippen molar-refractivity contribution in [1.29, 1.82) is 0 Å². The zero-order valence-electron chi connectivity index (χ0n) is 10.9. The van der Waals surface area contributed by atoms with Crippen LogP contribution in [0, 0.1) is 0 Å². The second-order valence-corrected chi connectivity index (χ2v) is 4.30. The number of rotatable bonds is 4. The Kier molecular flexibility index (Phi) is 3.60. The molecule has 1 aromatic heterocycles. The van der Waals surface area contributed by atoms with Crippen LogP contribution in [-0.4, -0.2) is 6.21 Å². The number of para-hydroxylation sites is 1. The van der Waals surface area contributed by atoms with E-state index >= 15 is 0 Å². The Labute approximate surface area is 117 Å². The Morgan fingerprint density at radius 3 is 2.25 bits per heavy atom. The molecule has 0 aliphatic carbocycles. The van der Waals surface area contributed by atoms with Gasteiger partial charge in [-0.05, 0) is 24.3 Å². The third kappa shape index (κ3) is 2.95. The van der Waals surface area contributed by atoms with Gasteiger partial charge in [0.05, 0.1) is 11.9 Å². The van der Waals surface area contributed by atoms with Crippen LogP contribution in [0.1, 0.15) is 5.76 Å². The Balaban J connectivity index is 1.69. The van der Waals surface area contributed by atoms with Crippen LogP contribution in [0.5, 0.6) is 0 Å². The quantitative estimate of drug-likeness (QED) is 0.559. The van der Waals surface area contributed by atoms with E-state index in [9.17, 15) is 0 Å². The molecule has 0 bridgehead atoms. The van der Waals surface area contributed by atoms with Crippen LogP contribution in [0.2, 0.25) is 0 Å². The molecule has 0 unspecified atom stereocenters. The van der Waals surface area contributed by atoms with Crippen molar-refractivity contribution >= 4 is 11.9 Å². The predicted octanol–water partition coefficient (Wildman–Crippen LogP) is 4.39. The summed E-state index contributed by atoms with van der Waals surface area (Å²) < 4.78 is 5.72. The molecule has 3 rings (SSSR count). The SMILES string of the molecule is C(=N\Nc1ccccc1)/c1ccc(-c2ccccc2)o1. The van der Waals surface area contributed by atoms with Gasteiger partial charge < -0.3 is 4.42 Å². The van der Waals surface area contributed by atoms with Crippen molar-refractivity contribution in [2.45, 2.75) is 0 Å². The molecule has 3 aromatic rings. The molecule has 1 heterocycles. The van der Waals surface area contributed by atoms with Crippen molar-refractivity contribution in [2.24, 2.45) is 5.10 Å². The van der Waals surface area contributed by atoms with Gasteiger partial charge in [-0.2, -0.15) is 5.10 Å². The van der Waals surface area contributed by atoms with Crippen LogP contribution in [-0.2, 0) is 0 Å². The van der Waals surface area contributed by atoms with Gasteiger partial charge in [0.2, 0.25) is 0 Å². The highest BCUT2D eigenvalue weighted by Crippen LogP contribution is 2.20. The standard InChI is InChI=1S/C17H14N2O/c1-3-7-14(8-4-1)17-12-11-16(20-17)13-18-19-15-9-5-2-6-10-15/h1-13,19H/b18-13+. The molecule has 20 heavy (non-hydrogen) atoms. The number of furan rings is 1. The third-order valence-corrected chi connectivity index (χ3v) is 2.84. The van der Waals surface area contributed by atoms with Gasteiger partial charge in [-0.25, -0.2) is 0 Å². The Morgan fingerprint density at radius 1 is 0.800 bits per heavy atom. The normalized spacial score (nSPS) is 10.8. The summed E-state index contributed by atoms with van der Waals surface area (Å²) in [5, 5.41) is 4.15. The maximum Gasteiger partial charge on any atom is 0.147 e. The van der Waals surface area contributed by atoms with Crippen LogP contribution >= 0.6 is 0 Å². The Hall–Kier alpha value is -2.81. The molecule has 2 aromatic carbocycles.